The minimum atomic E-state index is -0.508. The van der Waals surface area contributed by atoms with Crippen LogP contribution < -0.4 is 5.32 Å². The molecule has 1 aliphatic heterocycles. The fourth-order valence-electron chi connectivity index (χ4n) is 2.50. The van der Waals surface area contributed by atoms with E-state index in [9.17, 15) is 14.4 Å². The number of ether oxygens (including phenoxy) is 1. The van der Waals surface area contributed by atoms with E-state index in [-0.39, 0.29) is 6.42 Å². The van der Waals surface area contributed by atoms with Crippen molar-refractivity contribution in [1.82, 2.24) is 10.2 Å². The fraction of sp³-hybridized carbons (Fsp3) is 0.235. The number of imide groups is 1. The molecule has 1 fully saturated rings. The predicted molar refractivity (Wildman–Crippen MR) is 83.7 cm³/mol. The first-order valence-electron chi connectivity index (χ1n) is 7.35. The highest BCUT2D eigenvalue weighted by Gasteiger charge is 2.26. The van der Waals surface area contributed by atoms with Crippen molar-refractivity contribution < 1.29 is 19.1 Å². The Morgan fingerprint density at radius 2 is 1.91 bits per heavy atom. The smallest absolute Gasteiger partial charge is 0.324 e. The molecular formula is C17H16N2O4. The lowest BCUT2D eigenvalue weighted by atomic mass is 10.1. The second kappa shape index (κ2) is 6.48. The molecule has 0 spiro atoms. The van der Waals surface area contributed by atoms with Gasteiger partial charge >= 0.3 is 12.0 Å². The quantitative estimate of drug-likeness (QED) is 0.868. The van der Waals surface area contributed by atoms with Crippen LogP contribution in [0, 0.1) is 0 Å². The van der Waals surface area contributed by atoms with Crippen molar-refractivity contribution in [1.29, 1.82) is 0 Å². The first-order valence-corrected chi connectivity index (χ1v) is 7.35. The first-order chi connectivity index (χ1) is 11.1. The maximum Gasteiger partial charge on any atom is 0.324 e. The van der Waals surface area contributed by atoms with Crippen LogP contribution in [-0.4, -0.2) is 42.5 Å². The molecule has 0 aliphatic carbocycles. The molecule has 6 nitrogen and oxygen atoms in total. The highest BCUT2D eigenvalue weighted by Crippen LogP contribution is 2.16. The van der Waals surface area contributed by atoms with Gasteiger partial charge in [-0.15, -0.1) is 0 Å². The van der Waals surface area contributed by atoms with Gasteiger partial charge in [0, 0.05) is 13.1 Å². The topological polar surface area (TPSA) is 75.7 Å². The highest BCUT2D eigenvalue weighted by molar-refractivity contribution is 5.97. The summed E-state index contributed by atoms with van der Waals surface area (Å²) in [5, 5.41) is 4.66. The van der Waals surface area contributed by atoms with Gasteiger partial charge in [0.15, 0.2) is 6.61 Å². The van der Waals surface area contributed by atoms with Crippen molar-refractivity contribution in [3.05, 3.63) is 48.0 Å². The summed E-state index contributed by atoms with van der Waals surface area (Å²) in [7, 11) is 0. The molecule has 118 valence electrons. The Morgan fingerprint density at radius 1 is 1.13 bits per heavy atom. The van der Waals surface area contributed by atoms with E-state index < -0.39 is 24.5 Å². The van der Waals surface area contributed by atoms with E-state index in [1.165, 1.54) is 0 Å². The number of carbonyl (C=O) groups excluding carboxylic acids is 3. The van der Waals surface area contributed by atoms with Crippen LogP contribution in [0.25, 0.3) is 10.8 Å². The summed E-state index contributed by atoms with van der Waals surface area (Å²) < 4.78 is 4.97. The molecule has 1 saturated heterocycles. The van der Waals surface area contributed by atoms with E-state index >= 15 is 0 Å². The Labute approximate surface area is 133 Å². The molecule has 6 heteroatoms. The van der Waals surface area contributed by atoms with E-state index in [1.54, 1.807) is 0 Å². The molecule has 0 aromatic heterocycles. The molecule has 0 radical (unpaired) electrons. The number of carbonyl (C=O) groups is 3. The summed E-state index contributed by atoms with van der Waals surface area (Å²) >= 11 is 0. The Balaban J connectivity index is 1.56. The summed E-state index contributed by atoms with van der Waals surface area (Å²) in [6, 6.07) is 13.1. The molecule has 0 bridgehead atoms. The van der Waals surface area contributed by atoms with Crippen LogP contribution in [0.5, 0.6) is 0 Å². The van der Waals surface area contributed by atoms with Gasteiger partial charge in [0.2, 0.25) is 0 Å². The molecule has 0 saturated carbocycles. The minimum absolute atomic E-state index is 0.0876. The maximum atomic E-state index is 11.9. The Morgan fingerprint density at radius 3 is 2.65 bits per heavy atom. The zero-order valence-electron chi connectivity index (χ0n) is 12.5. The normalized spacial score (nSPS) is 13.9. The number of hydrogen-bond acceptors (Lipinski definition) is 4. The standard InChI is InChI=1S/C17H16N2O4/c20-15(19-8-7-18-17(19)22)11-23-16(21)10-12-5-6-13-3-1-2-4-14(13)9-12/h1-6,9H,7-8,10-11H2,(H,18,22). The number of fused-ring (bicyclic) bond motifs is 1. The van der Waals surface area contributed by atoms with Crippen molar-refractivity contribution in [2.45, 2.75) is 6.42 Å². The Kier molecular flexibility index (Phi) is 4.23. The second-order valence-electron chi connectivity index (χ2n) is 5.30. The molecule has 3 amide bonds. The highest BCUT2D eigenvalue weighted by atomic mass is 16.5. The maximum absolute atomic E-state index is 11.9. The van der Waals surface area contributed by atoms with Gasteiger partial charge in [0.05, 0.1) is 6.42 Å². The number of esters is 1. The second-order valence-corrected chi connectivity index (χ2v) is 5.30. The zero-order valence-corrected chi connectivity index (χ0v) is 12.5. The number of rotatable bonds is 4. The van der Waals surface area contributed by atoms with Gasteiger partial charge in [-0.25, -0.2) is 4.79 Å². The van der Waals surface area contributed by atoms with Crippen molar-refractivity contribution in [3.8, 4) is 0 Å². The van der Waals surface area contributed by atoms with Crippen molar-refractivity contribution in [3.63, 3.8) is 0 Å². The average Bonchev–Trinajstić information content (AvgIpc) is 2.98. The first kappa shape index (κ1) is 15.0. The third-order valence-corrected chi connectivity index (χ3v) is 3.68. The van der Waals surface area contributed by atoms with Crippen LogP contribution in [-0.2, 0) is 20.7 Å². The number of amides is 3. The summed E-state index contributed by atoms with van der Waals surface area (Å²) in [6.07, 6.45) is 0.0876. The van der Waals surface area contributed by atoms with E-state index in [2.05, 4.69) is 5.32 Å². The third kappa shape index (κ3) is 3.48. The van der Waals surface area contributed by atoms with Gasteiger partial charge in [0.1, 0.15) is 0 Å². The molecule has 2 aromatic carbocycles. The van der Waals surface area contributed by atoms with E-state index in [1.807, 2.05) is 42.5 Å². The van der Waals surface area contributed by atoms with Gasteiger partial charge in [-0.2, -0.15) is 0 Å². The molecule has 0 atom stereocenters. The molecule has 3 rings (SSSR count). The van der Waals surface area contributed by atoms with Crippen LogP contribution in [0.15, 0.2) is 42.5 Å². The zero-order chi connectivity index (χ0) is 16.2. The number of nitrogens with zero attached hydrogens (tertiary/aromatic N) is 1. The number of benzene rings is 2. The lowest BCUT2D eigenvalue weighted by Gasteiger charge is -2.12. The lowest BCUT2D eigenvalue weighted by Crippen LogP contribution is -2.37. The molecule has 1 heterocycles. The number of hydrogen-bond donors (Lipinski definition) is 1. The largest absolute Gasteiger partial charge is 0.455 e. The predicted octanol–water partition coefficient (Wildman–Crippen LogP) is 1.48. The van der Waals surface area contributed by atoms with Crippen LogP contribution in [0.2, 0.25) is 0 Å². The van der Waals surface area contributed by atoms with Crippen LogP contribution in [0.1, 0.15) is 5.56 Å². The van der Waals surface area contributed by atoms with Crippen LogP contribution in [0.3, 0.4) is 0 Å². The van der Waals surface area contributed by atoms with Crippen molar-refractivity contribution in [2.75, 3.05) is 19.7 Å². The number of nitrogens with one attached hydrogen (secondary N) is 1. The van der Waals surface area contributed by atoms with Gasteiger partial charge < -0.3 is 10.1 Å². The van der Waals surface area contributed by atoms with Crippen LogP contribution >= 0.6 is 0 Å². The van der Waals surface area contributed by atoms with Gasteiger partial charge in [-0.3, -0.25) is 14.5 Å². The Bertz CT molecular complexity index is 772. The summed E-state index contributed by atoms with van der Waals surface area (Å²) in [5.41, 5.74) is 0.820. The van der Waals surface area contributed by atoms with E-state index in [0.29, 0.717) is 13.1 Å². The van der Waals surface area contributed by atoms with E-state index in [4.69, 9.17) is 4.74 Å². The summed E-state index contributed by atoms with van der Waals surface area (Å²) in [6.45, 7) is 0.315. The molecular weight excluding hydrogens is 296 g/mol. The number of urea groups is 1. The minimum Gasteiger partial charge on any atom is -0.455 e. The molecule has 1 aliphatic rings. The molecule has 0 unspecified atom stereocenters. The fourth-order valence-corrected chi connectivity index (χ4v) is 2.50. The molecule has 23 heavy (non-hydrogen) atoms. The molecule has 1 N–H and O–H groups in total. The van der Waals surface area contributed by atoms with Crippen molar-refractivity contribution >= 4 is 28.7 Å². The summed E-state index contributed by atoms with van der Waals surface area (Å²) in [4.78, 5) is 36.0. The third-order valence-electron chi connectivity index (χ3n) is 3.68. The lowest BCUT2D eigenvalue weighted by molar-refractivity contribution is -0.150. The van der Waals surface area contributed by atoms with Gasteiger partial charge in [-0.05, 0) is 16.3 Å². The van der Waals surface area contributed by atoms with E-state index in [0.717, 1.165) is 21.2 Å². The Hall–Kier alpha value is -2.89. The van der Waals surface area contributed by atoms with Gasteiger partial charge in [0.25, 0.3) is 5.91 Å². The average molecular weight is 312 g/mol. The van der Waals surface area contributed by atoms with Crippen molar-refractivity contribution in [2.24, 2.45) is 0 Å². The summed E-state index contributed by atoms with van der Waals surface area (Å²) in [5.74, 6) is -1.000. The molecule has 2 aromatic rings. The van der Waals surface area contributed by atoms with Crippen LogP contribution in [0.4, 0.5) is 4.79 Å². The SMILES string of the molecule is O=C(Cc1ccc2ccccc2c1)OCC(=O)N1CCNC1=O. The monoisotopic (exact) mass is 312 g/mol. The van der Waals surface area contributed by atoms with Gasteiger partial charge in [-0.1, -0.05) is 42.5 Å².